The van der Waals surface area contributed by atoms with Gasteiger partial charge in [0.2, 0.25) is 0 Å². The molecular weight excluding hydrogens is 421 g/mol. The number of halogens is 2. The number of amides is 1. The summed E-state index contributed by atoms with van der Waals surface area (Å²) in [6.07, 6.45) is 1.69. The molecule has 4 rings (SSSR count). The third kappa shape index (κ3) is 3.69. The predicted octanol–water partition coefficient (Wildman–Crippen LogP) is 6.66. The van der Waals surface area contributed by atoms with Crippen LogP contribution in [0, 0.1) is 0 Å². The van der Waals surface area contributed by atoms with Crippen LogP contribution in [-0.4, -0.2) is 10.2 Å². The number of furan rings is 1. The van der Waals surface area contributed by atoms with Gasteiger partial charge in [0, 0.05) is 16.7 Å². The Morgan fingerprint density at radius 1 is 1.04 bits per heavy atom. The molecule has 134 valence electrons. The lowest BCUT2D eigenvalue weighted by Crippen LogP contribution is -2.27. The highest BCUT2D eigenvalue weighted by Gasteiger charge is 2.33. The van der Waals surface area contributed by atoms with E-state index in [2.05, 4.69) is 0 Å². The minimum atomic E-state index is -0.168. The summed E-state index contributed by atoms with van der Waals surface area (Å²) < 4.78 is 6.34. The second kappa shape index (κ2) is 7.52. The van der Waals surface area contributed by atoms with Gasteiger partial charge in [-0.1, -0.05) is 65.4 Å². The Bertz CT molecular complexity index is 1080. The summed E-state index contributed by atoms with van der Waals surface area (Å²) in [5.74, 6) is 0.977. The molecule has 1 aromatic heterocycles. The molecule has 0 atom stereocenters. The smallest absolute Gasteiger partial charge is 0.270 e. The van der Waals surface area contributed by atoms with Crippen LogP contribution in [0.25, 0.3) is 17.4 Å². The molecule has 0 N–H and O–H groups in total. The van der Waals surface area contributed by atoms with Crippen LogP contribution in [-0.2, 0) is 4.79 Å². The molecule has 3 aromatic rings. The molecular formula is C20H11Cl2NO2S2. The Hall–Kier alpha value is -2.05. The van der Waals surface area contributed by atoms with Crippen LogP contribution in [0.4, 0.5) is 5.69 Å². The van der Waals surface area contributed by atoms with E-state index in [0.29, 0.717) is 30.8 Å². The number of para-hydroxylation sites is 1. The normalized spacial score (nSPS) is 15.8. The van der Waals surface area contributed by atoms with E-state index in [9.17, 15) is 4.79 Å². The maximum atomic E-state index is 12.8. The van der Waals surface area contributed by atoms with Crippen molar-refractivity contribution in [3.8, 4) is 11.3 Å². The molecule has 1 fully saturated rings. The number of thioether (sulfide) groups is 1. The highest BCUT2D eigenvalue weighted by Crippen LogP contribution is 2.37. The lowest BCUT2D eigenvalue weighted by Gasteiger charge is -2.13. The Labute approximate surface area is 175 Å². The molecule has 0 aliphatic carbocycles. The van der Waals surface area contributed by atoms with Crippen molar-refractivity contribution in [2.24, 2.45) is 0 Å². The van der Waals surface area contributed by atoms with Gasteiger partial charge in [0.1, 0.15) is 11.5 Å². The molecule has 0 spiro atoms. The molecule has 1 amide bonds. The van der Waals surface area contributed by atoms with Crippen LogP contribution in [0.3, 0.4) is 0 Å². The minimum absolute atomic E-state index is 0.168. The summed E-state index contributed by atoms with van der Waals surface area (Å²) in [5.41, 5.74) is 1.48. The molecule has 0 radical (unpaired) electrons. The lowest BCUT2D eigenvalue weighted by atomic mass is 10.2. The molecule has 0 bridgehead atoms. The number of carbonyl (C=O) groups is 1. The molecule has 27 heavy (non-hydrogen) atoms. The summed E-state index contributed by atoms with van der Waals surface area (Å²) in [5, 5.41) is 1.05. The average molecular weight is 432 g/mol. The first-order valence-corrected chi connectivity index (χ1v) is 9.89. The van der Waals surface area contributed by atoms with Crippen molar-refractivity contribution in [1.82, 2.24) is 0 Å². The van der Waals surface area contributed by atoms with E-state index < -0.39 is 0 Å². The Morgan fingerprint density at radius 3 is 2.56 bits per heavy atom. The van der Waals surface area contributed by atoms with E-state index in [1.165, 1.54) is 16.7 Å². The number of hydrogen-bond acceptors (Lipinski definition) is 4. The fourth-order valence-corrected chi connectivity index (χ4v) is 4.44. The van der Waals surface area contributed by atoms with Crippen molar-refractivity contribution in [2.75, 3.05) is 4.90 Å². The average Bonchev–Trinajstić information content (AvgIpc) is 3.21. The Kier molecular flexibility index (Phi) is 5.10. The minimum Gasteiger partial charge on any atom is -0.457 e. The van der Waals surface area contributed by atoms with E-state index in [-0.39, 0.29) is 5.91 Å². The van der Waals surface area contributed by atoms with E-state index in [1.54, 1.807) is 36.4 Å². The molecule has 2 aromatic carbocycles. The SMILES string of the molecule is O=C1/C(=C/c2ccc(-c3ccc(Cl)cc3Cl)o2)SC(=S)N1c1ccccc1. The Morgan fingerprint density at radius 2 is 1.81 bits per heavy atom. The number of hydrogen-bond donors (Lipinski definition) is 0. The first-order chi connectivity index (χ1) is 13.0. The molecule has 1 saturated heterocycles. The van der Waals surface area contributed by atoms with E-state index in [1.807, 2.05) is 30.3 Å². The van der Waals surface area contributed by atoms with Gasteiger partial charge in [-0.25, -0.2) is 0 Å². The zero-order valence-corrected chi connectivity index (χ0v) is 16.8. The quantitative estimate of drug-likeness (QED) is 0.342. The van der Waals surface area contributed by atoms with Crippen molar-refractivity contribution in [3.05, 3.63) is 81.4 Å². The van der Waals surface area contributed by atoms with E-state index >= 15 is 0 Å². The number of carbonyl (C=O) groups excluding carboxylic acids is 1. The largest absolute Gasteiger partial charge is 0.457 e. The van der Waals surface area contributed by atoms with Crippen LogP contribution < -0.4 is 4.90 Å². The van der Waals surface area contributed by atoms with E-state index in [0.717, 1.165) is 11.3 Å². The van der Waals surface area contributed by atoms with Gasteiger partial charge in [-0.15, -0.1) is 0 Å². The van der Waals surface area contributed by atoms with Crippen LogP contribution in [0.2, 0.25) is 10.0 Å². The summed E-state index contributed by atoms with van der Waals surface area (Å²) >= 11 is 18.8. The van der Waals surface area contributed by atoms with Gasteiger partial charge in [0.15, 0.2) is 4.32 Å². The van der Waals surface area contributed by atoms with Gasteiger partial charge in [-0.3, -0.25) is 9.69 Å². The van der Waals surface area contributed by atoms with Gasteiger partial charge in [0.05, 0.1) is 15.6 Å². The molecule has 2 heterocycles. The fraction of sp³-hybridized carbons (Fsp3) is 0. The van der Waals surface area contributed by atoms with Crippen molar-refractivity contribution in [1.29, 1.82) is 0 Å². The van der Waals surface area contributed by atoms with E-state index in [4.69, 9.17) is 39.8 Å². The third-order valence-corrected chi connectivity index (χ3v) is 5.75. The first kappa shape index (κ1) is 18.3. The van der Waals surface area contributed by atoms with Crippen molar-refractivity contribution >= 4 is 69.2 Å². The number of rotatable bonds is 3. The molecule has 0 unspecified atom stereocenters. The van der Waals surface area contributed by atoms with Gasteiger partial charge in [0.25, 0.3) is 5.91 Å². The van der Waals surface area contributed by atoms with Crippen LogP contribution in [0.15, 0.2) is 70.0 Å². The van der Waals surface area contributed by atoms with Crippen molar-refractivity contribution in [3.63, 3.8) is 0 Å². The van der Waals surface area contributed by atoms with Crippen molar-refractivity contribution < 1.29 is 9.21 Å². The summed E-state index contributed by atoms with van der Waals surface area (Å²) in [4.78, 5) is 14.8. The van der Waals surface area contributed by atoms with Gasteiger partial charge in [-0.2, -0.15) is 0 Å². The van der Waals surface area contributed by atoms with Crippen LogP contribution in [0.1, 0.15) is 5.76 Å². The maximum absolute atomic E-state index is 12.8. The molecule has 7 heteroatoms. The third-order valence-electron chi connectivity index (χ3n) is 3.90. The van der Waals surface area contributed by atoms with Gasteiger partial charge < -0.3 is 4.42 Å². The Balaban J connectivity index is 1.62. The highest BCUT2D eigenvalue weighted by atomic mass is 35.5. The molecule has 0 saturated carbocycles. The molecule has 1 aliphatic heterocycles. The van der Waals surface area contributed by atoms with Crippen LogP contribution in [0.5, 0.6) is 0 Å². The number of anilines is 1. The highest BCUT2D eigenvalue weighted by molar-refractivity contribution is 8.27. The standard InChI is InChI=1S/C20H11Cl2NO2S2/c21-12-6-8-15(16(22)10-12)17-9-7-14(25-17)11-18-19(24)23(20(26)27-18)13-4-2-1-3-5-13/h1-11H/b18-11-. The maximum Gasteiger partial charge on any atom is 0.270 e. The monoisotopic (exact) mass is 431 g/mol. The number of thiocarbonyl (C=S) groups is 1. The van der Waals surface area contributed by atoms with Gasteiger partial charge >= 0.3 is 0 Å². The van der Waals surface area contributed by atoms with Crippen LogP contribution >= 0.6 is 47.2 Å². The fourth-order valence-electron chi connectivity index (χ4n) is 2.66. The zero-order chi connectivity index (χ0) is 19.0. The summed E-state index contributed by atoms with van der Waals surface area (Å²) in [6, 6.07) is 18.1. The predicted molar refractivity (Wildman–Crippen MR) is 116 cm³/mol. The zero-order valence-electron chi connectivity index (χ0n) is 13.7. The number of nitrogens with zero attached hydrogens (tertiary/aromatic N) is 1. The van der Waals surface area contributed by atoms with Gasteiger partial charge in [-0.05, 0) is 42.5 Å². The lowest BCUT2D eigenvalue weighted by molar-refractivity contribution is -0.113. The molecule has 1 aliphatic rings. The topological polar surface area (TPSA) is 33.5 Å². The molecule has 3 nitrogen and oxygen atoms in total. The second-order valence-electron chi connectivity index (χ2n) is 5.68. The summed E-state index contributed by atoms with van der Waals surface area (Å²) in [6.45, 7) is 0. The number of benzene rings is 2. The second-order valence-corrected chi connectivity index (χ2v) is 8.20. The first-order valence-electron chi connectivity index (χ1n) is 7.91. The summed E-state index contributed by atoms with van der Waals surface area (Å²) in [7, 11) is 0. The van der Waals surface area contributed by atoms with Crippen molar-refractivity contribution in [2.45, 2.75) is 0 Å².